The van der Waals surface area contributed by atoms with Gasteiger partial charge in [-0.3, -0.25) is 4.90 Å². The summed E-state index contributed by atoms with van der Waals surface area (Å²) >= 11 is 1.82. The van der Waals surface area contributed by atoms with Gasteiger partial charge in [0, 0.05) is 17.5 Å². The summed E-state index contributed by atoms with van der Waals surface area (Å²) in [6.07, 6.45) is 3.43. The molecule has 1 aliphatic rings. The lowest BCUT2D eigenvalue weighted by Gasteiger charge is -2.44. The molecular weight excluding hydrogens is 276 g/mol. The van der Waals surface area contributed by atoms with Gasteiger partial charge >= 0.3 is 0 Å². The van der Waals surface area contributed by atoms with Crippen LogP contribution in [0.25, 0.3) is 0 Å². The maximum atomic E-state index is 9.55. The topological polar surface area (TPSA) is 27.0 Å². The van der Waals surface area contributed by atoms with E-state index in [2.05, 4.69) is 56.2 Å². The monoisotopic (exact) mass is 304 g/mol. The Morgan fingerprint density at radius 2 is 2.14 bits per heavy atom. The minimum Gasteiger partial charge on any atom is -0.294 e. The molecule has 1 aromatic heterocycles. The zero-order valence-corrected chi connectivity index (χ0v) is 14.6. The van der Waals surface area contributed by atoms with E-state index in [1.54, 1.807) is 0 Å². The smallest absolute Gasteiger partial charge is 0.0672 e. The van der Waals surface area contributed by atoms with Gasteiger partial charge in [0.1, 0.15) is 0 Å². The summed E-state index contributed by atoms with van der Waals surface area (Å²) in [4.78, 5) is 3.93. The highest BCUT2D eigenvalue weighted by Gasteiger charge is 2.38. The Morgan fingerprint density at radius 1 is 1.38 bits per heavy atom. The van der Waals surface area contributed by atoms with Crippen molar-refractivity contribution < 1.29 is 0 Å². The van der Waals surface area contributed by atoms with Crippen molar-refractivity contribution in [1.29, 1.82) is 5.26 Å². The van der Waals surface area contributed by atoms with Crippen LogP contribution in [-0.4, -0.2) is 17.5 Å². The summed E-state index contributed by atoms with van der Waals surface area (Å²) in [6, 6.07) is 7.33. The first kappa shape index (κ1) is 16.5. The van der Waals surface area contributed by atoms with Crippen molar-refractivity contribution in [2.24, 2.45) is 17.3 Å². The predicted molar refractivity (Wildman–Crippen MR) is 90.1 cm³/mol. The average Bonchev–Trinajstić information content (AvgIpc) is 2.96. The van der Waals surface area contributed by atoms with Crippen LogP contribution in [0.1, 0.15) is 51.8 Å². The van der Waals surface area contributed by atoms with Gasteiger partial charge in [-0.2, -0.15) is 5.26 Å². The largest absolute Gasteiger partial charge is 0.294 e. The lowest BCUT2D eigenvalue weighted by atomic mass is 9.68. The van der Waals surface area contributed by atoms with Gasteiger partial charge in [0.2, 0.25) is 0 Å². The Morgan fingerprint density at radius 3 is 2.67 bits per heavy atom. The predicted octanol–water partition coefficient (Wildman–Crippen LogP) is 4.92. The first-order valence-corrected chi connectivity index (χ1v) is 8.99. The quantitative estimate of drug-likeness (QED) is 0.789. The van der Waals surface area contributed by atoms with Crippen LogP contribution in [-0.2, 0) is 6.54 Å². The molecule has 3 atom stereocenters. The summed E-state index contributed by atoms with van der Waals surface area (Å²) < 4.78 is 0. The number of hydrogen-bond donors (Lipinski definition) is 0. The molecule has 3 heteroatoms. The molecule has 0 aromatic carbocycles. The van der Waals surface area contributed by atoms with Crippen molar-refractivity contribution >= 4 is 11.3 Å². The molecule has 21 heavy (non-hydrogen) atoms. The number of nitriles is 1. The van der Waals surface area contributed by atoms with E-state index in [0.717, 1.165) is 25.4 Å². The van der Waals surface area contributed by atoms with Gasteiger partial charge in [0.15, 0.2) is 0 Å². The Hall–Kier alpha value is -0.850. The molecule has 1 heterocycles. The maximum absolute atomic E-state index is 9.55. The standard InChI is InChI=1S/C18H28N2S/c1-5-20(13-16-7-6-10-21-16)17-11-15(18(2,3)4)9-8-14(17)12-19/h6-7,10,14-15,17H,5,8-9,11,13H2,1-4H3. The van der Waals surface area contributed by atoms with Gasteiger partial charge in [-0.05, 0) is 48.6 Å². The third-order valence-electron chi connectivity index (χ3n) is 5.02. The molecule has 1 fully saturated rings. The van der Waals surface area contributed by atoms with Crippen LogP contribution in [0.3, 0.4) is 0 Å². The van der Waals surface area contributed by atoms with E-state index in [1.807, 2.05) is 11.3 Å². The molecule has 0 saturated heterocycles. The zero-order valence-electron chi connectivity index (χ0n) is 13.8. The average molecular weight is 305 g/mol. The van der Waals surface area contributed by atoms with Gasteiger partial charge in [-0.1, -0.05) is 33.8 Å². The van der Waals surface area contributed by atoms with Gasteiger partial charge < -0.3 is 0 Å². The molecule has 1 saturated carbocycles. The molecule has 0 N–H and O–H groups in total. The van der Waals surface area contributed by atoms with Crippen LogP contribution in [0.2, 0.25) is 0 Å². The van der Waals surface area contributed by atoms with Crippen LogP contribution in [0.4, 0.5) is 0 Å². The molecule has 1 aromatic rings. The molecule has 0 radical (unpaired) electrons. The van der Waals surface area contributed by atoms with Crippen LogP contribution in [0.5, 0.6) is 0 Å². The van der Waals surface area contributed by atoms with Crippen molar-refractivity contribution in [2.75, 3.05) is 6.54 Å². The molecule has 0 spiro atoms. The van der Waals surface area contributed by atoms with Crippen LogP contribution < -0.4 is 0 Å². The molecule has 2 nitrogen and oxygen atoms in total. The highest BCUT2D eigenvalue weighted by atomic mass is 32.1. The SMILES string of the molecule is CCN(Cc1cccs1)C1CC(C(C)(C)C)CCC1C#N. The number of thiophene rings is 1. The third kappa shape index (κ3) is 4.08. The molecule has 116 valence electrons. The fourth-order valence-electron chi connectivity index (χ4n) is 3.55. The van der Waals surface area contributed by atoms with Crippen molar-refractivity contribution in [1.82, 2.24) is 4.90 Å². The minimum atomic E-state index is 0.198. The van der Waals surface area contributed by atoms with Crippen molar-refractivity contribution in [3.63, 3.8) is 0 Å². The van der Waals surface area contributed by atoms with E-state index in [1.165, 1.54) is 17.7 Å². The third-order valence-corrected chi connectivity index (χ3v) is 5.88. The summed E-state index contributed by atoms with van der Waals surface area (Å²) in [5.41, 5.74) is 0.348. The fraction of sp³-hybridized carbons (Fsp3) is 0.722. The molecule has 0 bridgehead atoms. The number of hydrogen-bond acceptors (Lipinski definition) is 3. The lowest BCUT2D eigenvalue weighted by Crippen LogP contribution is -2.45. The second kappa shape index (κ2) is 6.94. The zero-order chi connectivity index (χ0) is 15.5. The van der Waals surface area contributed by atoms with Crippen LogP contribution in [0.15, 0.2) is 17.5 Å². The van der Waals surface area contributed by atoms with E-state index in [0.29, 0.717) is 11.5 Å². The molecule has 1 aliphatic carbocycles. The molecular formula is C18H28N2S. The van der Waals surface area contributed by atoms with Crippen LogP contribution >= 0.6 is 11.3 Å². The van der Waals surface area contributed by atoms with Crippen molar-refractivity contribution in [3.05, 3.63) is 22.4 Å². The first-order chi connectivity index (χ1) is 9.95. The Balaban J connectivity index is 2.13. The molecule has 2 rings (SSSR count). The lowest BCUT2D eigenvalue weighted by molar-refractivity contribution is 0.0594. The number of rotatable bonds is 4. The summed E-state index contributed by atoms with van der Waals surface area (Å²) in [5.74, 6) is 0.924. The Kier molecular flexibility index (Phi) is 5.46. The highest BCUT2D eigenvalue weighted by molar-refractivity contribution is 7.09. The normalized spacial score (nSPS) is 26.8. The highest BCUT2D eigenvalue weighted by Crippen LogP contribution is 2.41. The van der Waals surface area contributed by atoms with E-state index in [4.69, 9.17) is 0 Å². The second-order valence-corrected chi connectivity index (χ2v) is 8.35. The van der Waals surface area contributed by atoms with Gasteiger partial charge in [0.25, 0.3) is 0 Å². The molecule has 0 aliphatic heterocycles. The van der Waals surface area contributed by atoms with E-state index in [-0.39, 0.29) is 5.92 Å². The van der Waals surface area contributed by atoms with E-state index in [9.17, 15) is 5.26 Å². The van der Waals surface area contributed by atoms with Gasteiger partial charge in [-0.25, -0.2) is 0 Å². The maximum Gasteiger partial charge on any atom is 0.0672 e. The Labute approximate surface area is 133 Å². The Bertz CT molecular complexity index is 466. The molecule has 0 amide bonds. The van der Waals surface area contributed by atoms with Gasteiger partial charge in [0.05, 0.1) is 12.0 Å². The summed E-state index contributed by atoms with van der Waals surface area (Å²) in [7, 11) is 0. The number of nitrogens with zero attached hydrogens (tertiary/aromatic N) is 2. The summed E-state index contributed by atoms with van der Waals surface area (Å²) in [6.45, 7) is 11.3. The van der Waals surface area contributed by atoms with Gasteiger partial charge in [-0.15, -0.1) is 11.3 Å². The summed E-state index contributed by atoms with van der Waals surface area (Å²) in [5, 5.41) is 11.7. The minimum absolute atomic E-state index is 0.198. The molecule has 3 unspecified atom stereocenters. The second-order valence-electron chi connectivity index (χ2n) is 7.32. The first-order valence-electron chi connectivity index (χ1n) is 8.11. The van der Waals surface area contributed by atoms with Crippen molar-refractivity contribution in [2.45, 2.75) is 59.5 Å². The van der Waals surface area contributed by atoms with E-state index < -0.39 is 0 Å². The van der Waals surface area contributed by atoms with Crippen LogP contribution in [0, 0.1) is 28.6 Å². The van der Waals surface area contributed by atoms with E-state index >= 15 is 0 Å². The fourth-order valence-corrected chi connectivity index (χ4v) is 4.28. The van der Waals surface area contributed by atoms with Crippen molar-refractivity contribution in [3.8, 4) is 6.07 Å².